The molecule has 0 radical (unpaired) electrons. The van der Waals surface area contributed by atoms with Crippen LogP contribution in [0.5, 0.6) is 0 Å². The SMILES string of the molecule is CCN(CC)C(C)CC1(c2ccccc2)C=CCC=C1. The Hall–Kier alpha value is -1.34. The first-order chi connectivity index (χ1) is 9.72. The summed E-state index contributed by atoms with van der Waals surface area (Å²) in [6.45, 7) is 9.10. The minimum atomic E-state index is 0.0709. The fourth-order valence-corrected chi connectivity index (χ4v) is 3.35. The molecule has 0 fully saturated rings. The van der Waals surface area contributed by atoms with Gasteiger partial charge in [-0.05, 0) is 38.4 Å². The molecule has 0 saturated carbocycles. The molecule has 1 heteroatoms. The summed E-state index contributed by atoms with van der Waals surface area (Å²) in [5.41, 5.74) is 1.48. The van der Waals surface area contributed by atoms with Crippen LogP contribution in [0.25, 0.3) is 0 Å². The minimum Gasteiger partial charge on any atom is -0.301 e. The van der Waals surface area contributed by atoms with Crippen molar-refractivity contribution in [2.75, 3.05) is 13.1 Å². The molecule has 1 unspecified atom stereocenters. The molecule has 0 amide bonds. The summed E-state index contributed by atoms with van der Waals surface area (Å²) in [4.78, 5) is 2.54. The van der Waals surface area contributed by atoms with E-state index in [1.54, 1.807) is 0 Å². The van der Waals surface area contributed by atoms with Crippen LogP contribution in [0.3, 0.4) is 0 Å². The van der Waals surface area contributed by atoms with Crippen LogP contribution in [-0.2, 0) is 5.41 Å². The zero-order chi connectivity index (χ0) is 14.4. The van der Waals surface area contributed by atoms with Crippen molar-refractivity contribution in [2.45, 2.75) is 45.1 Å². The Labute approximate surface area is 124 Å². The van der Waals surface area contributed by atoms with E-state index in [0.29, 0.717) is 6.04 Å². The van der Waals surface area contributed by atoms with Crippen molar-refractivity contribution in [3.8, 4) is 0 Å². The molecule has 0 spiro atoms. The summed E-state index contributed by atoms with van der Waals surface area (Å²) in [6, 6.07) is 11.5. The van der Waals surface area contributed by atoms with E-state index in [1.807, 2.05) is 0 Å². The quantitative estimate of drug-likeness (QED) is 0.684. The van der Waals surface area contributed by atoms with Gasteiger partial charge in [0.25, 0.3) is 0 Å². The molecule has 0 bridgehead atoms. The van der Waals surface area contributed by atoms with Crippen molar-refractivity contribution in [1.29, 1.82) is 0 Å². The number of hydrogen-bond donors (Lipinski definition) is 0. The van der Waals surface area contributed by atoms with Gasteiger partial charge in [0.1, 0.15) is 0 Å². The largest absolute Gasteiger partial charge is 0.301 e. The van der Waals surface area contributed by atoms with Crippen LogP contribution >= 0.6 is 0 Å². The second-order valence-corrected chi connectivity index (χ2v) is 5.72. The lowest BCUT2D eigenvalue weighted by Crippen LogP contribution is -2.38. The highest BCUT2D eigenvalue weighted by Gasteiger charge is 2.30. The molecule has 0 saturated heterocycles. The molecule has 1 aromatic rings. The second kappa shape index (κ2) is 6.90. The van der Waals surface area contributed by atoms with Crippen LogP contribution in [-0.4, -0.2) is 24.0 Å². The van der Waals surface area contributed by atoms with Crippen LogP contribution < -0.4 is 0 Å². The van der Waals surface area contributed by atoms with Gasteiger partial charge in [-0.25, -0.2) is 0 Å². The third-order valence-electron chi connectivity index (χ3n) is 4.48. The lowest BCUT2D eigenvalue weighted by Gasteiger charge is -2.37. The van der Waals surface area contributed by atoms with Crippen molar-refractivity contribution in [1.82, 2.24) is 4.90 Å². The fraction of sp³-hybridized carbons (Fsp3) is 0.474. The maximum absolute atomic E-state index is 2.54. The Kier molecular flexibility index (Phi) is 5.19. The van der Waals surface area contributed by atoms with Gasteiger partial charge >= 0.3 is 0 Å². The smallest absolute Gasteiger partial charge is 0.0327 e. The average Bonchev–Trinajstić information content (AvgIpc) is 2.50. The molecule has 1 aliphatic carbocycles. The molecule has 2 rings (SSSR count). The Morgan fingerprint density at radius 2 is 1.65 bits per heavy atom. The van der Waals surface area contributed by atoms with Gasteiger partial charge in [0.15, 0.2) is 0 Å². The van der Waals surface area contributed by atoms with Crippen LogP contribution in [0.15, 0.2) is 54.6 Å². The molecule has 0 N–H and O–H groups in total. The summed E-state index contributed by atoms with van der Waals surface area (Å²) in [7, 11) is 0. The topological polar surface area (TPSA) is 3.24 Å². The van der Waals surface area contributed by atoms with Gasteiger partial charge in [0.2, 0.25) is 0 Å². The van der Waals surface area contributed by atoms with Crippen LogP contribution in [0.4, 0.5) is 0 Å². The van der Waals surface area contributed by atoms with Gasteiger partial charge in [0.05, 0.1) is 0 Å². The summed E-state index contributed by atoms with van der Waals surface area (Å²) >= 11 is 0. The average molecular weight is 269 g/mol. The van der Waals surface area contributed by atoms with E-state index >= 15 is 0 Å². The van der Waals surface area contributed by atoms with Crippen molar-refractivity contribution >= 4 is 0 Å². The Morgan fingerprint density at radius 1 is 1.05 bits per heavy atom. The second-order valence-electron chi connectivity index (χ2n) is 5.72. The Balaban J connectivity index is 2.27. The normalized spacial score (nSPS) is 18.4. The summed E-state index contributed by atoms with van der Waals surface area (Å²) in [5.74, 6) is 0. The zero-order valence-corrected chi connectivity index (χ0v) is 13.0. The molecule has 108 valence electrons. The maximum atomic E-state index is 2.54. The first-order valence-electron chi connectivity index (χ1n) is 7.87. The van der Waals surface area contributed by atoms with Crippen LogP contribution in [0.2, 0.25) is 0 Å². The van der Waals surface area contributed by atoms with E-state index in [9.17, 15) is 0 Å². The first kappa shape index (κ1) is 15.1. The molecule has 1 aromatic carbocycles. The van der Waals surface area contributed by atoms with E-state index in [2.05, 4.69) is 80.3 Å². The highest BCUT2D eigenvalue weighted by molar-refractivity contribution is 5.39. The Bertz CT molecular complexity index is 442. The molecule has 1 nitrogen and oxygen atoms in total. The Morgan fingerprint density at radius 3 is 2.20 bits per heavy atom. The van der Waals surface area contributed by atoms with Crippen molar-refractivity contribution in [3.05, 3.63) is 60.2 Å². The predicted molar refractivity (Wildman–Crippen MR) is 88.0 cm³/mol. The van der Waals surface area contributed by atoms with Crippen molar-refractivity contribution in [2.24, 2.45) is 0 Å². The maximum Gasteiger partial charge on any atom is 0.0327 e. The number of allylic oxidation sites excluding steroid dienone is 4. The molecular formula is C19H27N. The highest BCUT2D eigenvalue weighted by atomic mass is 15.1. The van der Waals surface area contributed by atoms with E-state index < -0.39 is 0 Å². The van der Waals surface area contributed by atoms with Gasteiger partial charge in [-0.3, -0.25) is 0 Å². The first-order valence-corrected chi connectivity index (χ1v) is 7.87. The van der Waals surface area contributed by atoms with Gasteiger partial charge < -0.3 is 4.90 Å². The fourth-order valence-electron chi connectivity index (χ4n) is 3.35. The van der Waals surface area contributed by atoms with Gasteiger partial charge in [-0.2, -0.15) is 0 Å². The molecule has 0 aliphatic heterocycles. The number of rotatable bonds is 6. The molecule has 1 atom stereocenters. The van der Waals surface area contributed by atoms with Crippen molar-refractivity contribution < 1.29 is 0 Å². The summed E-state index contributed by atoms with van der Waals surface area (Å²) < 4.78 is 0. The number of benzene rings is 1. The molecule has 0 aromatic heterocycles. The van der Waals surface area contributed by atoms with E-state index in [0.717, 1.165) is 25.9 Å². The molecule has 20 heavy (non-hydrogen) atoms. The van der Waals surface area contributed by atoms with E-state index in [1.165, 1.54) is 5.56 Å². The van der Waals surface area contributed by atoms with Gasteiger partial charge in [-0.15, -0.1) is 0 Å². The van der Waals surface area contributed by atoms with Gasteiger partial charge in [0, 0.05) is 11.5 Å². The monoisotopic (exact) mass is 269 g/mol. The lowest BCUT2D eigenvalue weighted by molar-refractivity contribution is 0.206. The zero-order valence-electron chi connectivity index (χ0n) is 13.0. The van der Waals surface area contributed by atoms with Crippen LogP contribution in [0, 0.1) is 0 Å². The van der Waals surface area contributed by atoms with E-state index in [4.69, 9.17) is 0 Å². The highest BCUT2D eigenvalue weighted by Crippen LogP contribution is 2.36. The van der Waals surface area contributed by atoms with Crippen LogP contribution in [0.1, 0.15) is 39.2 Å². The third-order valence-corrected chi connectivity index (χ3v) is 4.48. The predicted octanol–water partition coefficient (Wildman–Crippen LogP) is 4.56. The third kappa shape index (κ3) is 3.21. The summed E-state index contributed by atoms with van der Waals surface area (Å²) in [5, 5.41) is 0. The molecule has 1 aliphatic rings. The lowest BCUT2D eigenvalue weighted by atomic mass is 9.73. The number of nitrogens with zero attached hydrogens (tertiary/aromatic N) is 1. The van der Waals surface area contributed by atoms with Crippen molar-refractivity contribution in [3.63, 3.8) is 0 Å². The van der Waals surface area contributed by atoms with E-state index in [-0.39, 0.29) is 5.41 Å². The summed E-state index contributed by atoms with van der Waals surface area (Å²) in [6.07, 6.45) is 11.6. The van der Waals surface area contributed by atoms with Gasteiger partial charge in [-0.1, -0.05) is 68.5 Å². The standard InChI is InChI=1S/C19H27N/c1-4-20(5-2)17(3)16-19(14-10-7-11-15-19)18-12-8-6-9-13-18/h6,8-15,17H,4-5,7,16H2,1-3H3. The molecule has 0 heterocycles. The molecular weight excluding hydrogens is 242 g/mol. The number of hydrogen-bond acceptors (Lipinski definition) is 1. The minimum absolute atomic E-state index is 0.0709.